The molecule has 0 amide bonds. The maximum absolute atomic E-state index is 13.2. The van der Waals surface area contributed by atoms with Gasteiger partial charge in [-0.1, -0.05) is 24.3 Å². The number of rotatable bonds is 12. The SMILES string of the molecule is CCN(CC)c1ncc(-c2c(C)nn(C)c2C)c(N[C@@H](Cc2ccc(-c3c(OC)ccn(C(C)C)c3=O)cc2)C(=O)O)n1. The number of carboxylic acids is 1. The van der Waals surface area contributed by atoms with E-state index in [1.54, 1.807) is 27.7 Å². The predicted molar refractivity (Wildman–Crippen MR) is 169 cm³/mol. The molecule has 228 valence electrons. The van der Waals surface area contributed by atoms with Crippen molar-refractivity contribution in [3.05, 3.63) is 70.0 Å². The molecule has 1 aromatic carbocycles. The lowest BCUT2D eigenvalue weighted by molar-refractivity contribution is -0.137. The molecule has 0 bridgehead atoms. The van der Waals surface area contributed by atoms with Crippen LogP contribution < -0.4 is 20.5 Å². The summed E-state index contributed by atoms with van der Waals surface area (Å²) in [5.74, 6) is 0.430. The van der Waals surface area contributed by atoms with Crippen molar-refractivity contribution in [2.75, 3.05) is 30.4 Å². The van der Waals surface area contributed by atoms with Gasteiger partial charge in [0.1, 0.15) is 17.6 Å². The number of aryl methyl sites for hydroxylation is 2. The van der Waals surface area contributed by atoms with Gasteiger partial charge in [-0.15, -0.1) is 0 Å². The average molecular weight is 588 g/mol. The predicted octanol–water partition coefficient (Wildman–Crippen LogP) is 4.87. The van der Waals surface area contributed by atoms with E-state index in [0.29, 0.717) is 47.3 Å². The van der Waals surface area contributed by atoms with Crippen molar-refractivity contribution in [2.45, 2.75) is 60.0 Å². The van der Waals surface area contributed by atoms with Crippen molar-refractivity contribution in [3.63, 3.8) is 0 Å². The molecule has 0 saturated heterocycles. The Hall–Kier alpha value is -4.67. The Morgan fingerprint density at radius 2 is 1.77 bits per heavy atom. The molecule has 11 heteroatoms. The van der Waals surface area contributed by atoms with Crippen LogP contribution in [0, 0.1) is 13.8 Å². The second kappa shape index (κ2) is 13.1. The van der Waals surface area contributed by atoms with Crippen LogP contribution in [-0.2, 0) is 18.3 Å². The molecule has 2 N–H and O–H groups in total. The highest BCUT2D eigenvalue weighted by atomic mass is 16.5. The lowest BCUT2D eigenvalue weighted by Gasteiger charge is -2.22. The molecule has 4 aromatic rings. The lowest BCUT2D eigenvalue weighted by Crippen LogP contribution is -2.33. The first kappa shape index (κ1) is 31.3. The molecule has 4 rings (SSSR count). The second-order valence-electron chi connectivity index (χ2n) is 10.8. The summed E-state index contributed by atoms with van der Waals surface area (Å²) in [7, 11) is 3.41. The summed E-state index contributed by atoms with van der Waals surface area (Å²) in [6, 6.07) is 8.14. The molecule has 0 aliphatic rings. The maximum atomic E-state index is 13.2. The average Bonchev–Trinajstić information content (AvgIpc) is 3.23. The van der Waals surface area contributed by atoms with Crippen molar-refractivity contribution in [1.82, 2.24) is 24.3 Å². The molecule has 0 aliphatic carbocycles. The van der Waals surface area contributed by atoms with Crippen molar-refractivity contribution >= 4 is 17.7 Å². The van der Waals surface area contributed by atoms with E-state index in [4.69, 9.17) is 9.72 Å². The molecular weight excluding hydrogens is 546 g/mol. The van der Waals surface area contributed by atoms with E-state index >= 15 is 0 Å². The minimum Gasteiger partial charge on any atom is -0.496 e. The molecule has 3 aromatic heterocycles. The Morgan fingerprint density at radius 1 is 1.09 bits per heavy atom. The minimum absolute atomic E-state index is 0.00740. The highest BCUT2D eigenvalue weighted by Crippen LogP contribution is 2.33. The molecule has 3 heterocycles. The molecule has 0 aliphatic heterocycles. The summed E-state index contributed by atoms with van der Waals surface area (Å²) in [6.45, 7) is 13.2. The van der Waals surface area contributed by atoms with Crippen molar-refractivity contribution in [1.29, 1.82) is 0 Å². The van der Waals surface area contributed by atoms with Gasteiger partial charge in [0.2, 0.25) is 5.95 Å². The number of methoxy groups -OCH3 is 1. The Balaban J connectivity index is 1.70. The zero-order chi connectivity index (χ0) is 31.4. The summed E-state index contributed by atoms with van der Waals surface area (Å²) >= 11 is 0. The van der Waals surface area contributed by atoms with Gasteiger partial charge in [0.05, 0.1) is 18.4 Å². The summed E-state index contributed by atoms with van der Waals surface area (Å²) < 4.78 is 8.95. The number of benzene rings is 1. The molecule has 0 radical (unpaired) electrons. The van der Waals surface area contributed by atoms with Crippen LogP contribution in [0.2, 0.25) is 0 Å². The fraction of sp³-hybridized carbons (Fsp3) is 0.406. The third-order valence-corrected chi connectivity index (χ3v) is 7.75. The smallest absolute Gasteiger partial charge is 0.326 e. The highest BCUT2D eigenvalue weighted by molar-refractivity contribution is 5.83. The van der Waals surface area contributed by atoms with Crippen LogP contribution in [0.5, 0.6) is 5.75 Å². The van der Waals surface area contributed by atoms with Crippen molar-refractivity contribution < 1.29 is 14.6 Å². The van der Waals surface area contributed by atoms with Gasteiger partial charge in [0, 0.05) is 61.8 Å². The number of carbonyl (C=O) groups is 1. The van der Waals surface area contributed by atoms with Gasteiger partial charge >= 0.3 is 5.97 Å². The zero-order valence-electron chi connectivity index (χ0n) is 26.2. The van der Waals surface area contributed by atoms with Crippen LogP contribution in [0.1, 0.15) is 50.7 Å². The van der Waals surface area contributed by atoms with Crippen molar-refractivity contribution in [2.24, 2.45) is 7.05 Å². The number of pyridine rings is 1. The molecule has 0 spiro atoms. The standard InChI is InChI=1S/C32H41N7O4/c1-9-38(10-2)32-33-18-24(27-20(5)36-37(7)21(27)6)29(35-32)34-25(31(41)42)17-22-11-13-23(14-12-22)28-26(43-8)15-16-39(19(3)4)30(28)40/h11-16,18-19,25H,9-10,17H2,1-8H3,(H,41,42)(H,33,34,35)/t25-/m0/s1. The van der Waals surface area contributed by atoms with Gasteiger partial charge in [-0.25, -0.2) is 9.78 Å². The van der Waals surface area contributed by atoms with E-state index in [9.17, 15) is 14.7 Å². The fourth-order valence-electron chi connectivity index (χ4n) is 5.27. The molecule has 1 atom stereocenters. The Bertz CT molecular complexity index is 1650. The van der Waals surface area contributed by atoms with Gasteiger partial charge in [-0.3, -0.25) is 9.48 Å². The summed E-state index contributed by atoms with van der Waals surface area (Å²) in [5.41, 5.74) is 5.10. The maximum Gasteiger partial charge on any atom is 0.326 e. The molecule has 43 heavy (non-hydrogen) atoms. The highest BCUT2D eigenvalue weighted by Gasteiger charge is 2.24. The number of aromatic nitrogens is 5. The summed E-state index contributed by atoms with van der Waals surface area (Å²) in [4.78, 5) is 37.2. The Labute approximate surface area is 252 Å². The van der Waals surface area contributed by atoms with Crippen LogP contribution in [0.4, 0.5) is 11.8 Å². The van der Waals surface area contributed by atoms with Crippen molar-refractivity contribution in [3.8, 4) is 28.0 Å². The lowest BCUT2D eigenvalue weighted by atomic mass is 10.00. The molecule has 11 nitrogen and oxygen atoms in total. The monoisotopic (exact) mass is 587 g/mol. The van der Waals surface area contributed by atoms with Crippen LogP contribution in [0.15, 0.2) is 47.5 Å². The third-order valence-electron chi connectivity index (χ3n) is 7.75. The van der Waals surface area contributed by atoms with E-state index in [-0.39, 0.29) is 18.0 Å². The Morgan fingerprint density at radius 3 is 2.30 bits per heavy atom. The van der Waals surface area contributed by atoms with Crippen LogP contribution in [-0.4, -0.2) is 61.6 Å². The van der Waals surface area contributed by atoms with Gasteiger partial charge in [-0.2, -0.15) is 10.1 Å². The van der Waals surface area contributed by atoms with Crippen LogP contribution in [0.25, 0.3) is 22.3 Å². The first-order chi connectivity index (χ1) is 20.5. The molecule has 0 fully saturated rings. The van der Waals surface area contributed by atoms with E-state index in [1.807, 2.05) is 77.8 Å². The third kappa shape index (κ3) is 6.40. The van der Waals surface area contributed by atoms with Crippen LogP contribution in [0.3, 0.4) is 0 Å². The topological polar surface area (TPSA) is 127 Å². The summed E-state index contributed by atoms with van der Waals surface area (Å²) in [6.07, 6.45) is 3.66. The van der Waals surface area contributed by atoms with E-state index in [1.165, 1.54) is 7.11 Å². The molecule has 0 unspecified atom stereocenters. The second-order valence-corrected chi connectivity index (χ2v) is 10.8. The number of ether oxygens (including phenoxy) is 1. The normalized spacial score (nSPS) is 11.9. The number of hydrogen-bond donors (Lipinski definition) is 2. The van der Waals surface area contributed by atoms with Gasteiger partial charge in [-0.05, 0) is 58.7 Å². The molecular formula is C32H41N7O4. The number of anilines is 2. The molecule has 0 saturated carbocycles. The quantitative estimate of drug-likeness (QED) is 0.239. The van der Waals surface area contributed by atoms with E-state index in [0.717, 1.165) is 22.5 Å². The Kier molecular flexibility index (Phi) is 9.53. The number of nitrogens with one attached hydrogen (secondary N) is 1. The van der Waals surface area contributed by atoms with Gasteiger partial charge in [0.25, 0.3) is 5.56 Å². The van der Waals surface area contributed by atoms with E-state index in [2.05, 4.69) is 15.4 Å². The number of carboxylic acid groups (broad SMARTS) is 1. The van der Waals surface area contributed by atoms with E-state index < -0.39 is 12.0 Å². The van der Waals surface area contributed by atoms with Gasteiger partial charge < -0.3 is 24.6 Å². The number of nitrogens with zero attached hydrogens (tertiary/aromatic N) is 6. The first-order valence-electron chi connectivity index (χ1n) is 14.5. The number of aliphatic carboxylic acids is 1. The summed E-state index contributed by atoms with van der Waals surface area (Å²) in [5, 5.41) is 18.0. The van der Waals surface area contributed by atoms with Gasteiger partial charge in [0.15, 0.2) is 0 Å². The minimum atomic E-state index is -1.01. The first-order valence-corrected chi connectivity index (χ1v) is 14.5. The number of hydrogen-bond acceptors (Lipinski definition) is 8. The van der Waals surface area contributed by atoms with Crippen LogP contribution >= 0.6 is 0 Å². The largest absolute Gasteiger partial charge is 0.496 e. The fourth-order valence-corrected chi connectivity index (χ4v) is 5.27. The zero-order valence-corrected chi connectivity index (χ0v) is 26.2.